The fourth-order valence-electron chi connectivity index (χ4n) is 1.63. The zero-order chi connectivity index (χ0) is 11.3. The lowest BCUT2D eigenvalue weighted by molar-refractivity contribution is 0.0495. The van der Waals surface area contributed by atoms with Gasteiger partial charge in [0.2, 0.25) is 0 Å². The van der Waals surface area contributed by atoms with E-state index in [0.717, 1.165) is 12.8 Å². The van der Waals surface area contributed by atoms with Gasteiger partial charge in [0.05, 0.1) is 5.04 Å². The summed E-state index contributed by atoms with van der Waals surface area (Å²) in [7, 11) is 1.66. The lowest BCUT2D eigenvalue weighted by atomic mass is 9.81. The summed E-state index contributed by atoms with van der Waals surface area (Å²) in [6.45, 7) is 3.89. The van der Waals surface area contributed by atoms with E-state index in [4.69, 9.17) is 20.6 Å². The highest BCUT2D eigenvalue weighted by molar-refractivity contribution is 8.14. The SMILES string of the molecule is COC(C)SC(=N)C1(CN)CCOCC1. The van der Waals surface area contributed by atoms with Crippen molar-refractivity contribution in [2.45, 2.75) is 25.2 Å². The van der Waals surface area contributed by atoms with Crippen LogP contribution in [0.25, 0.3) is 0 Å². The second-order valence-electron chi connectivity index (χ2n) is 3.85. The Morgan fingerprint density at radius 2 is 2.20 bits per heavy atom. The molecule has 0 aromatic rings. The summed E-state index contributed by atoms with van der Waals surface area (Å²) in [6, 6.07) is 0. The van der Waals surface area contributed by atoms with Gasteiger partial charge in [-0.05, 0) is 19.8 Å². The van der Waals surface area contributed by atoms with E-state index in [9.17, 15) is 0 Å². The molecule has 5 heteroatoms. The maximum Gasteiger partial charge on any atom is 0.105 e. The van der Waals surface area contributed by atoms with Crippen LogP contribution in [-0.2, 0) is 9.47 Å². The van der Waals surface area contributed by atoms with E-state index < -0.39 is 0 Å². The first-order valence-electron chi connectivity index (χ1n) is 5.21. The molecule has 15 heavy (non-hydrogen) atoms. The standard InChI is InChI=1S/C10H20N2O2S/c1-8(13-2)15-9(12)10(7-11)3-5-14-6-4-10/h8,12H,3-7,11H2,1-2H3. The van der Waals surface area contributed by atoms with Crippen LogP contribution in [0, 0.1) is 10.8 Å². The van der Waals surface area contributed by atoms with E-state index in [2.05, 4.69) is 0 Å². The molecule has 88 valence electrons. The number of methoxy groups -OCH3 is 1. The largest absolute Gasteiger partial charge is 0.381 e. The zero-order valence-corrected chi connectivity index (χ0v) is 10.2. The Morgan fingerprint density at radius 1 is 1.60 bits per heavy atom. The van der Waals surface area contributed by atoms with Crippen molar-refractivity contribution in [1.29, 1.82) is 5.41 Å². The molecule has 3 N–H and O–H groups in total. The predicted octanol–water partition coefficient (Wildman–Crippen LogP) is 1.44. The van der Waals surface area contributed by atoms with Crippen molar-refractivity contribution in [3.05, 3.63) is 0 Å². The summed E-state index contributed by atoms with van der Waals surface area (Å²) in [4.78, 5) is 0. The van der Waals surface area contributed by atoms with Gasteiger partial charge in [0.25, 0.3) is 0 Å². The van der Waals surface area contributed by atoms with Crippen molar-refractivity contribution in [3.8, 4) is 0 Å². The molecule has 0 amide bonds. The lowest BCUT2D eigenvalue weighted by Crippen LogP contribution is -2.42. The van der Waals surface area contributed by atoms with Crippen LogP contribution in [0.1, 0.15) is 19.8 Å². The maximum atomic E-state index is 8.11. The van der Waals surface area contributed by atoms with Gasteiger partial charge < -0.3 is 15.2 Å². The molecule has 0 aromatic heterocycles. The third kappa shape index (κ3) is 3.17. The second kappa shape index (κ2) is 5.84. The number of hydrogen-bond acceptors (Lipinski definition) is 5. The molecule has 1 aliphatic rings. The van der Waals surface area contributed by atoms with E-state index in [0.29, 0.717) is 24.8 Å². The van der Waals surface area contributed by atoms with Crippen molar-refractivity contribution in [2.75, 3.05) is 26.9 Å². The van der Waals surface area contributed by atoms with E-state index in [-0.39, 0.29) is 10.9 Å². The van der Waals surface area contributed by atoms with E-state index in [1.54, 1.807) is 7.11 Å². The summed E-state index contributed by atoms with van der Waals surface area (Å²) >= 11 is 1.46. The summed E-state index contributed by atoms with van der Waals surface area (Å²) in [5, 5.41) is 8.75. The van der Waals surface area contributed by atoms with Crippen LogP contribution in [0.3, 0.4) is 0 Å². The lowest BCUT2D eigenvalue weighted by Gasteiger charge is -2.36. The van der Waals surface area contributed by atoms with Gasteiger partial charge in [-0.3, -0.25) is 5.41 Å². The first kappa shape index (κ1) is 13.0. The third-order valence-electron chi connectivity index (χ3n) is 2.94. The van der Waals surface area contributed by atoms with Gasteiger partial charge >= 0.3 is 0 Å². The Kier molecular flexibility index (Phi) is 5.05. The summed E-state index contributed by atoms with van der Waals surface area (Å²) < 4.78 is 10.5. The number of hydrogen-bond donors (Lipinski definition) is 2. The highest BCUT2D eigenvalue weighted by Crippen LogP contribution is 2.36. The molecule has 4 nitrogen and oxygen atoms in total. The van der Waals surface area contributed by atoms with Gasteiger partial charge in [-0.1, -0.05) is 11.8 Å². The van der Waals surface area contributed by atoms with E-state index in [1.807, 2.05) is 6.92 Å². The summed E-state index contributed by atoms with van der Waals surface area (Å²) in [5.41, 5.74) is 5.65. The molecule has 0 aliphatic carbocycles. The first-order valence-corrected chi connectivity index (χ1v) is 6.09. The molecule has 1 fully saturated rings. The van der Waals surface area contributed by atoms with Gasteiger partial charge in [-0.2, -0.15) is 0 Å². The number of rotatable bonds is 4. The topological polar surface area (TPSA) is 68.3 Å². The summed E-state index contributed by atoms with van der Waals surface area (Å²) in [5.74, 6) is 0. The van der Waals surface area contributed by atoms with Crippen LogP contribution in [-0.4, -0.2) is 37.3 Å². The minimum absolute atomic E-state index is 0.0174. The molecule has 1 heterocycles. The molecule has 0 spiro atoms. The van der Waals surface area contributed by atoms with Crippen LogP contribution in [0.5, 0.6) is 0 Å². The maximum absolute atomic E-state index is 8.11. The van der Waals surface area contributed by atoms with Crippen LogP contribution < -0.4 is 5.73 Å². The zero-order valence-electron chi connectivity index (χ0n) is 9.41. The normalized spacial score (nSPS) is 22.3. The van der Waals surface area contributed by atoms with Gasteiger partial charge in [-0.15, -0.1) is 0 Å². The number of thioether (sulfide) groups is 1. The molecule has 0 aromatic carbocycles. The third-order valence-corrected chi connectivity index (χ3v) is 4.13. The fourth-order valence-corrected chi connectivity index (χ4v) is 2.59. The minimum atomic E-state index is -0.171. The smallest absolute Gasteiger partial charge is 0.105 e. The van der Waals surface area contributed by atoms with Gasteiger partial charge in [0.1, 0.15) is 5.44 Å². The van der Waals surface area contributed by atoms with Crippen molar-refractivity contribution in [3.63, 3.8) is 0 Å². The molecule has 0 saturated carbocycles. The van der Waals surface area contributed by atoms with Crippen LogP contribution in [0.4, 0.5) is 0 Å². The average Bonchev–Trinajstić information content (AvgIpc) is 2.29. The molecule has 1 atom stereocenters. The van der Waals surface area contributed by atoms with Crippen molar-refractivity contribution < 1.29 is 9.47 Å². The van der Waals surface area contributed by atoms with Gasteiger partial charge in [-0.25, -0.2) is 0 Å². The second-order valence-corrected chi connectivity index (χ2v) is 5.15. The van der Waals surface area contributed by atoms with Gasteiger partial charge in [0, 0.05) is 32.3 Å². The fraction of sp³-hybridized carbons (Fsp3) is 0.900. The molecule has 1 unspecified atom stereocenters. The van der Waals surface area contributed by atoms with Gasteiger partial charge in [0.15, 0.2) is 0 Å². The average molecular weight is 232 g/mol. The Balaban J connectivity index is 2.59. The molecule has 1 aliphatic heterocycles. The Bertz CT molecular complexity index is 217. The summed E-state index contributed by atoms with van der Waals surface area (Å²) in [6.07, 6.45) is 1.71. The minimum Gasteiger partial charge on any atom is -0.381 e. The highest BCUT2D eigenvalue weighted by atomic mass is 32.2. The molecule has 1 rings (SSSR count). The molecule has 1 saturated heterocycles. The predicted molar refractivity (Wildman–Crippen MR) is 63.3 cm³/mol. The highest BCUT2D eigenvalue weighted by Gasteiger charge is 2.36. The number of nitrogens with one attached hydrogen (secondary N) is 1. The molecule has 0 bridgehead atoms. The Hall–Kier alpha value is -0.100. The Labute approximate surface area is 95.4 Å². The van der Waals surface area contributed by atoms with E-state index in [1.165, 1.54) is 11.8 Å². The Morgan fingerprint density at radius 3 is 2.67 bits per heavy atom. The van der Waals surface area contributed by atoms with Crippen molar-refractivity contribution in [1.82, 2.24) is 0 Å². The number of nitrogens with two attached hydrogens (primary N) is 1. The van der Waals surface area contributed by atoms with E-state index >= 15 is 0 Å². The molecule has 0 radical (unpaired) electrons. The van der Waals surface area contributed by atoms with Crippen LogP contribution in [0.2, 0.25) is 0 Å². The van der Waals surface area contributed by atoms with Crippen LogP contribution in [0.15, 0.2) is 0 Å². The van der Waals surface area contributed by atoms with Crippen molar-refractivity contribution in [2.24, 2.45) is 11.1 Å². The van der Waals surface area contributed by atoms with Crippen molar-refractivity contribution >= 4 is 16.8 Å². The van der Waals surface area contributed by atoms with Crippen LogP contribution >= 0.6 is 11.8 Å². The molecular formula is C10H20N2O2S. The monoisotopic (exact) mass is 232 g/mol. The number of ether oxygens (including phenoxy) is 2. The first-order chi connectivity index (χ1) is 7.14. The quantitative estimate of drug-likeness (QED) is 0.437. The molecular weight excluding hydrogens is 212 g/mol.